The number of anilines is 1. The Morgan fingerprint density at radius 1 is 1.47 bits per heavy atom. The van der Waals surface area contributed by atoms with Gasteiger partial charge in [0, 0.05) is 18.3 Å². The zero-order chi connectivity index (χ0) is 14.1. The van der Waals surface area contributed by atoms with Gasteiger partial charge in [-0.1, -0.05) is 13.8 Å². The van der Waals surface area contributed by atoms with Gasteiger partial charge in [0.25, 0.3) is 0 Å². The summed E-state index contributed by atoms with van der Waals surface area (Å²) in [6, 6.07) is 2.88. The Kier molecular flexibility index (Phi) is 3.80. The lowest BCUT2D eigenvalue weighted by Crippen LogP contribution is -2.33. The molecule has 1 aromatic heterocycles. The van der Waals surface area contributed by atoms with Crippen LogP contribution < -0.4 is 16.0 Å². The SMILES string of the molecule is CC1(C)CCC(NS(=O)(=O)c2ccnc(NN)c2)C1. The van der Waals surface area contributed by atoms with E-state index in [0.29, 0.717) is 5.82 Å². The number of nitrogen functional groups attached to an aromatic ring is 1. The average molecular weight is 284 g/mol. The zero-order valence-electron chi connectivity index (χ0n) is 11.2. The number of rotatable bonds is 4. The molecule has 0 spiro atoms. The van der Waals surface area contributed by atoms with Crippen LogP contribution in [-0.2, 0) is 10.0 Å². The van der Waals surface area contributed by atoms with Gasteiger partial charge in [-0.05, 0) is 30.7 Å². The molecular weight excluding hydrogens is 264 g/mol. The fraction of sp³-hybridized carbons (Fsp3) is 0.583. The molecule has 1 aliphatic rings. The summed E-state index contributed by atoms with van der Waals surface area (Å²) in [5.41, 5.74) is 2.55. The molecule has 0 amide bonds. The minimum absolute atomic E-state index is 0.00227. The molecule has 1 heterocycles. The number of pyridine rings is 1. The number of nitrogens with one attached hydrogen (secondary N) is 2. The number of sulfonamides is 1. The molecule has 6 nitrogen and oxygen atoms in total. The fourth-order valence-corrected chi connectivity index (χ4v) is 3.76. The van der Waals surface area contributed by atoms with Crippen molar-refractivity contribution in [2.24, 2.45) is 11.3 Å². The highest BCUT2D eigenvalue weighted by Crippen LogP contribution is 2.37. The summed E-state index contributed by atoms with van der Waals surface area (Å²) in [6.45, 7) is 4.31. The molecular formula is C12H20N4O2S. The van der Waals surface area contributed by atoms with E-state index in [1.165, 1.54) is 18.3 Å². The summed E-state index contributed by atoms with van der Waals surface area (Å²) in [6.07, 6.45) is 4.19. The van der Waals surface area contributed by atoms with Crippen LogP contribution in [0.1, 0.15) is 33.1 Å². The van der Waals surface area contributed by atoms with E-state index in [9.17, 15) is 8.42 Å². The number of aromatic nitrogens is 1. The van der Waals surface area contributed by atoms with Crippen molar-refractivity contribution >= 4 is 15.8 Å². The Labute approximate surface area is 113 Å². The highest BCUT2D eigenvalue weighted by Gasteiger charge is 2.33. The molecule has 106 valence electrons. The predicted octanol–water partition coefficient (Wildman–Crippen LogP) is 1.22. The van der Waals surface area contributed by atoms with Gasteiger partial charge < -0.3 is 5.43 Å². The van der Waals surface area contributed by atoms with Gasteiger partial charge >= 0.3 is 0 Å². The van der Waals surface area contributed by atoms with Crippen molar-refractivity contribution in [2.75, 3.05) is 5.43 Å². The van der Waals surface area contributed by atoms with Gasteiger partial charge in [-0.25, -0.2) is 24.0 Å². The van der Waals surface area contributed by atoms with Crippen LogP contribution in [-0.4, -0.2) is 19.4 Å². The quantitative estimate of drug-likeness (QED) is 0.570. The Bertz CT molecular complexity index is 557. The fourth-order valence-electron chi connectivity index (χ4n) is 2.48. The van der Waals surface area contributed by atoms with E-state index in [0.717, 1.165) is 19.3 Å². The molecule has 0 saturated heterocycles. The maximum absolute atomic E-state index is 12.3. The Morgan fingerprint density at radius 2 is 2.21 bits per heavy atom. The van der Waals surface area contributed by atoms with Gasteiger partial charge in [-0.15, -0.1) is 0 Å². The highest BCUT2D eigenvalue weighted by molar-refractivity contribution is 7.89. The third-order valence-corrected chi connectivity index (χ3v) is 5.00. The third kappa shape index (κ3) is 3.43. The van der Waals surface area contributed by atoms with Crippen molar-refractivity contribution < 1.29 is 8.42 Å². The van der Waals surface area contributed by atoms with Crippen molar-refractivity contribution in [3.8, 4) is 0 Å². The van der Waals surface area contributed by atoms with Crippen LogP contribution in [0.3, 0.4) is 0 Å². The van der Waals surface area contributed by atoms with E-state index in [1.54, 1.807) is 0 Å². The molecule has 2 rings (SSSR count). The number of hydrazine groups is 1. The predicted molar refractivity (Wildman–Crippen MR) is 73.8 cm³/mol. The van der Waals surface area contributed by atoms with Crippen molar-refractivity contribution in [3.63, 3.8) is 0 Å². The topological polar surface area (TPSA) is 97.1 Å². The van der Waals surface area contributed by atoms with E-state index < -0.39 is 10.0 Å². The summed E-state index contributed by atoms with van der Waals surface area (Å²) in [4.78, 5) is 4.08. The van der Waals surface area contributed by atoms with E-state index in [2.05, 4.69) is 29.0 Å². The lowest BCUT2D eigenvalue weighted by Gasteiger charge is -2.18. The van der Waals surface area contributed by atoms with Gasteiger partial charge in [-0.2, -0.15) is 0 Å². The number of hydrogen-bond acceptors (Lipinski definition) is 5. The summed E-state index contributed by atoms with van der Waals surface area (Å²) in [7, 11) is -3.51. The average Bonchev–Trinajstić information content (AvgIpc) is 2.68. The number of nitrogens with two attached hydrogens (primary N) is 1. The lowest BCUT2D eigenvalue weighted by molar-refractivity contribution is 0.372. The zero-order valence-corrected chi connectivity index (χ0v) is 12.0. The Morgan fingerprint density at radius 3 is 2.79 bits per heavy atom. The van der Waals surface area contributed by atoms with E-state index >= 15 is 0 Å². The van der Waals surface area contributed by atoms with Crippen LogP contribution in [0.15, 0.2) is 23.2 Å². The van der Waals surface area contributed by atoms with Gasteiger partial charge in [0.15, 0.2) is 0 Å². The molecule has 0 radical (unpaired) electrons. The van der Waals surface area contributed by atoms with Crippen molar-refractivity contribution in [2.45, 2.75) is 44.0 Å². The van der Waals surface area contributed by atoms with Crippen LogP contribution >= 0.6 is 0 Å². The molecule has 1 atom stereocenters. The van der Waals surface area contributed by atoms with E-state index in [1.807, 2.05) is 0 Å². The highest BCUT2D eigenvalue weighted by atomic mass is 32.2. The lowest BCUT2D eigenvalue weighted by atomic mass is 9.92. The van der Waals surface area contributed by atoms with Gasteiger partial charge in [0.2, 0.25) is 10.0 Å². The van der Waals surface area contributed by atoms with Gasteiger partial charge in [-0.3, -0.25) is 0 Å². The molecule has 1 unspecified atom stereocenters. The van der Waals surface area contributed by atoms with E-state index in [4.69, 9.17) is 5.84 Å². The standard InChI is InChI=1S/C12H20N4O2S/c1-12(2)5-3-9(8-12)16-19(17,18)10-4-6-14-11(7-10)15-13/h4,6-7,9,16H,3,5,8,13H2,1-2H3,(H,14,15). The van der Waals surface area contributed by atoms with Crippen LogP contribution in [0.5, 0.6) is 0 Å². The van der Waals surface area contributed by atoms with Crippen molar-refractivity contribution in [3.05, 3.63) is 18.3 Å². The smallest absolute Gasteiger partial charge is 0.241 e. The van der Waals surface area contributed by atoms with Crippen LogP contribution in [0.4, 0.5) is 5.82 Å². The molecule has 0 bridgehead atoms. The van der Waals surface area contributed by atoms with Crippen LogP contribution in [0, 0.1) is 5.41 Å². The van der Waals surface area contributed by atoms with Crippen molar-refractivity contribution in [1.82, 2.24) is 9.71 Å². The first-order chi connectivity index (χ1) is 8.82. The minimum atomic E-state index is -3.51. The summed E-state index contributed by atoms with van der Waals surface area (Å²) in [5.74, 6) is 5.56. The molecule has 1 fully saturated rings. The Hall–Kier alpha value is -1.18. The molecule has 19 heavy (non-hydrogen) atoms. The third-order valence-electron chi connectivity index (χ3n) is 3.48. The number of hydrogen-bond donors (Lipinski definition) is 3. The number of nitrogens with zero attached hydrogens (tertiary/aromatic N) is 1. The normalized spacial score (nSPS) is 22.4. The first kappa shape index (κ1) is 14.2. The molecule has 0 aromatic carbocycles. The van der Waals surface area contributed by atoms with E-state index in [-0.39, 0.29) is 16.4 Å². The second-order valence-corrected chi connectivity index (χ2v) is 7.46. The van der Waals surface area contributed by atoms with Crippen molar-refractivity contribution in [1.29, 1.82) is 0 Å². The molecule has 0 aliphatic heterocycles. The van der Waals surface area contributed by atoms with Gasteiger partial charge in [0.1, 0.15) is 5.82 Å². The van der Waals surface area contributed by atoms with Crippen LogP contribution in [0.2, 0.25) is 0 Å². The molecule has 1 saturated carbocycles. The summed E-state index contributed by atoms with van der Waals surface area (Å²) in [5, 5.41) is 0. The van der Waals surface area contributed by atoms with Crippen LogP contribution in [0.25, 0.3) is 0 Å². The maximum Gasteiger partial charge on any atom is 0.241 e. The summed E-state index contributed by atoms with van der Waals surface area (Å²) >= 11 is 0. The second-order valence-electron chi connectivity index (χ2n) is 5.75. The second kappa shape index (κ2) is 5.07. The summed E-state index contributed by atoms with van der Waals surface area (Å²) < 4.78 is 27.3. The molecule has 1 aromatic rings. The first-order valence-electron chi connectivity index (χ1n) is 6.27. The minimum Gasteiger partial charge on any atom is -0.308 e. The monoisotopic (exact) mass is 284 g/mol. The molecule has 1 aliphatic carbocycles. The molecule has 7 heteroatoms. The maximum atomic E-state index is 12.3. The largest absolute Gasteiger partial charge is 0.308 e. The Balaban J connectivity index is 2.14. The molecule has 4 N–H and O–H groups in total. The van der Waals surface area contributed by atoms with Gasteiger partial charge in [0.05, 0.1) is 4.90 Å². The first-order valence-corrected chi connectivity index (χ1v) is 7.76.